The lowest BCUT2D eigenvalue weighted by Gasteiger charge is -2.03. The van der Waals surface area contributed by atoms with Crippen molar-refractivity contribution in [2.45, 2.75) is 13.3 Å². The van der Waals surface area contributed by atoms with E-state index in [0.717, 1.165) is 26.6 Å². The van der Waals surface area contributed by atoms with Crippen molar-refractivity contribution in [3.05, 3.63) is 65.9 Å². The highest BCUT2D eigenvalue weighted by Crippen LogP contribution is 2.35. The average molecular weight is 308 g/mol. The van der Waals surface area contributed by atoms with Gasteiger partial charge in [0, 0.05) is 18.0 Å². The molecule has 0 aliphatic rings. The van der Waals surface area contributed by atoms with E-state index in [2.05, 4.69) is 4.98 Å². The smallest absolute Gasteiger partial charge is 0.124 e. The zero-order valence-electron chi connectivity index (χ0n) is 12.1. The van der Waals surface area contributed by atoms with Crippen molar-refractivity contribution < 1.29 is 9.90 Å². The predicted molar refractivity (Wildman–Crippen MR) is 86.4 cm³/mol. The summed E-state index contributed by atoms with van der Waals surface area (Å²) in [6.07, 6.45) is -0.174. The van der Waals surface area contributed by atoms with Crippen LogP contribution >= 0.6 is 11.3 Å². The van der Waals surface area contributed by atoms with Gasteiger partial charge in [-0.3, -0.25) is 0 Å². The fourth-order valence-electron chi connectivity index (χ4n) is 2.24. The summed E-state index contributed by atoms with van der Waals surface area (Å²) < 4.78 is 0. The molecular formula is C18H14NO2S-. The summed E-state index contributed by atoms with van der Waals surface area (Å²) in [5, 5.41) is 11.8. The number of carboxylic acid groups (broad SMARTS) is 1. The van der Waals surface area contributed by atoms with Crippen LogP contribution in [0.4, 0.5) is 0 Å². The number of hydrogen-bond donors (Lipinski definition) is 0. The molecule has 0 unspecified atom stereocenters. The van der Waals surface area contributed by atoms with E-state index in [9.17, 15) is 9.90 Å². The highest BCUT2D eigenvalue weighted by atomic mass is 32.1. The molecule has 0 radical (unpaired) electrons. The van der Waals surface area contributed by atoms with Crippen LogP contribution in [0.5, 0.6) is 0 Å². The van der Waals surface area contributed by atoms with Crippen LogP contribution in [-0.2, 0) is 11.2 Å². The van der Waals surface area contributed by atoms with Crippen LogP contribution in [0.3, 0.4) is 0 Å². The third kappa shape index (κ3) is 3.07. The standard InChI is InChI=1S/C18H15NO2S/c1-12-7-9-13(10-8-12)17-15(11-16(20)21)19-18(22-17)14-5-3-2-4-6-14/h2-10H,11H2,1H3,(H,20,21)/p-1. The molecule has 3 rings (SSSR count). The third-order valence-corrected chi connectivity index (χ3v) is 4.54. The minimum Gasteiger partial charge on any atom is -0.550 e. The largest absolute Gasteiger partial charge is 0.550 e. The molecule has 110 valence electrons. The van der Waals surface area contributed by atoms with Crippen molar-refractivity contribution in [3.63, 3.8) is 0 Å². The van der Waals surface area contributed by atoms with Crippen molar-refractivity contribution >= 4 is 17.3 Å². The van der Waals surface area contributed by atoms with E-state index in [0.29, 0.717) is 5.69 Å². The zero-order chi connectivity index (χ0) is 15.5. The second-order valence-corrected chi connectivity index (χ2v) is 6.07. The highest BCUT2D eigenvalue weighted by Gasteiger charge is 2.14. The Morgan fingerprint density at radius 2 is 1.73 bits per heavy atom. The molecule has 0 aliphatic carbocycles. The van der Waals surface area contributed by atoms with Gasteiger partial charge in [-0.1, -0.05) is 60.2 Å². The maximum atomic E-state index is 11.0. The number of aliphatic carboxylic acids is 1. The third-order valence-electron chi connectivity index (χ3n) is 3.34. The fourth-order valence-corrected chi connectivity index (χ4v) is 3.34. The van der Waals surface area contributed by atoms with Gasteiger partial charge in [-0.25, -0.2) is 4.98 Å². The van der Waals surface area contributed by atoms with Gasteiger partial charge in [0.2, 0.25) is 0 Å². The van der Waals surface area contributed by atoms with Crippen LogP contribution in [0, 0.1) is 6.92 Å². The summed E-state index contributed by atoms with van der Waals surface area (Å²) >= 11 is 1.51. The van der Waals surface area contributed by atoms with Crippen LogP contribution < -0.4 is 5.11 Å². The number of carbonyl (C=O) groups is 1. The molecule has 3 aromatic rings. The predicted octanol–water partition coefficient (Wildman–Crippen LogP) is 3.08. The van der Waals surface area contributed by atoms with Gasteiger partial charge in [0.05, 0.1) is 10.6 Å². The normalized spacial score (nSPS) is 10.6. The van der Waals surface area contributed by atoms with Crippen LogP contribution in [-0.4, -0.2) is 11.0 Å². The first-order valence-corrected chi connectivity index (χ1v) is 7.77. The van der Waals surface area contributed by atoms with E-state index in [1.54, 1.807) is 0 Å². The Morgan fingerprint density at radius 1 is 1.05 bits per heavy atom. The van der Waals surface area contributed by atoms with Gasteiger partial charge in [0.15, 0.2) is 0 Å². The quantitative estimate of drug-likeness (QED) is 0.744. The molecule has 0 spiro atoms. The molecule has 3 nitrogen and oxygen atoms in total. The van der Waals surface area contributed by atoms with Crippen LogP contribution in [0.2, 0.25) is 0 Å². The second kappa shape index (κ2) is 6.12. The van der Waals surface area contributed by atoms with Gasteiger partial charge in [0.1, 0.15) is 5.01 Å². The lowest BCUT2D eigenvalue weighted by Crippen LogP contribution is -2.24. The van der Waals surface area contributed by atoms with Crippen molar-refractivity contribution in [1.29, 1.82) is 0 Å². The molecular weight excluding hydrogens is 294 g/mol. The molecule has 0 fully saturated rings. The Hall–Kier alpha value is -2.46. The molecule has 0 saturated heterocycles. The molecule has 0 atom stereocenters. The van der Waals surface area contributed by atoms with Gasteiger partial charge in [-0.15, -0.1) is 11.3 Å². The maximum absolute atomic E-state index is 11.0. The number of benzene rings is 2. The summed E-state index contributed by atoms with van der Waals surface area (Å²) in [6, 6.07) is 17.8. The second-order valence-electron chi connectivity index (χ2n) is 5.08. The van der Waals surface area contributed by atoms with E-state index in [1.165, 1.54) is 11.3 Å². The molecule has 4 heteroatoms. The summed E-state index contributed by atoms with van der Waals surface area (Å²) in [5.74, 6) is -1.11. The summed E-state index contributed by atoms with van der Waals surface area (Å²) in [4.78, 5) is 16.4. The van der Waals surface area contributed by atoms with Gasteiger partial charge in [0.25, 0.3) is 0 Å². The van der Waals surface area contributed by atoms with Crippen LogP contribution in [0.1, 0.15) is 11.3 Å². The molecule has 22 heavy (non-hydrogen) atoms. The molecule has 1 aromatic heterocycles. The molecule has 1 heterocycles. The van der Waals surface area contributed by atoms with Crippen molar-refractivity contribution in [2.75, 3.05) is 0 Å². The summed E-state index contributed by atoms with van der Waals surface area (Å²) in [6.45, 7) is 2.02. The molecule has 2 aromatic carbocycles. The van der Waals surface area contributed by atoms with Gasteiger partial charge >= 0.3 is 0 Å². The molecule has 0 saturated carbocycles. The van der Waals surface area contributed by atoms with Crippen molar-refractivity contribution in [1.82, 2.24) is 4.98 Å². The summed E-state index contributed by atoms with van der Waals surface area (Å²) in [7, 11) is 0. The van der Waals surface area contributed by atoms with Gasteiger partial charge in [-0.2, -0.15) is 0 Å². The first-order chi connectivity index (χ1) is 10.6. The zero-order valence-corrected chi connectivity index (χ0v) is 12.9. The van der Waals surface area contributed by atoms with E-state index in [4.69, 9.17) is 0 Å². The number of aromatic nitrogens is 1. The highest BCUT2D eigenvalue weighted by molar-refractivity contribution is 7.18. The van der Waals surface area contributed by atoms with Crippen molar-refractivity contribution in [2.24, 2.45) is 0 Å². The Bertz CT molecular complexity index is 792. The molecule has 0 aliphatic heterocycles. The number of carboxylic acids is 1. The number of carbonyl (C=O) groups excluding carboxylic acids is 1. The van der Waals surface area contributed by atoms with Crippen molar-refractivity contribution in [3.8, 4) is 21.0 Å². The lowest BCUT2D eigenvalue weighted by atomic mass is 10.1. The fraction of sp³-hybridized carbons (Fsp3) is 0.111. The molecule has 0 N–H and O–H groups in total. The first-order valence-electron chi connectivity index (χ1n) is 6.95. The van der Waals surface area contributed by atoms with Gasteiger partial charge < -0.3 is 9.90 Å². The number of rotatable bonds is 4. The average Bonchev–Trinajstić information content (AvgIpc) is 2.92. The molecule has 0 amide bonds. The number of thiazole rings is 1. The Balaban J connectivity index is 2.09. The van der Waals surface area contributed by atoms with Crippen LogP contribution in [0.25, 0.3) is 21.0 Å². The molecule has 0 bridgehead atoms. The topological polar surface area (TPSA) is 53.0 Å². The Labute approximate surface area is 132 Å². The monoisotopic (exact) mass is 308 g/mol. The van der Waals surface area contributed by atoms with E-state index in [1.807, 2.05) is 61.5 Å². The van der Waals surface area contributed by atoms with Gasteiger partial charge in [-0.05, 0) is 12.5 Å². The van der Waals surface area contributed by atoms with E-state index in [-0.39, 0.29) is 6.42 Å². The number of hydrogen-bond acceptors (Lipinski definition) is 4. The maximum Gasteiger partial charge on any atom is 0.124 e. The minimum atomic E-state index is -1.11. The van der Waals surface area contributed by atoms with E-state index >= 15 is 0 Å². The lowest BCUT2D eigenvalue weighted by molar-refractivity contribution is -0.304. The number of nitrogens with zero attached hydrogens (tertiary/aromatic N) is 1. The Morgan fingerprint density at radius 3 is 2.36 bits per heavy atom. The Kier molecular flexibility index (Phi) is 4.02. The number of aryl methyl sites for hydroxylation is 1. The summed E-state index contributed by atoms with van der Waals surface area (Å²) in [5.41, 5.74) is 3.71. The first kappa shape index (κ1) is 14.5. The van der Waals surface area contributed by atoms with Crippen LogP contribution in [0.15, 0.2) is 54.6 Å². The minimum absolute atomic E-state index is 0.174. The SMILES string of the molecule is Cc1ccc(-c2sc(-c3ccccc3)nc2CC(=O)[O-])cc1. The van der Waals surface area contributed by atoms with E-state index < -0.39 is 5.97 Å².